The Balaban J connectivity index is 1.88. The van der Waals surface area contributed by atoms with Crippen molar-refractivity contribution in [2.45, 2.75) is 26.0 Å². The van der Waals surface area contributed by atoms with Gasteiger partial charge in [0.25, 0.3) is 5.91 Å². The molecule has 1 atom stereocenters. The van der Waals surface area contributed by atoms with Crippen LogP contribution < -0.4 is 5.32 Å². The lowest BCUT2D eigenvalue weighted by Crippen LogP contribution is -2.49. The van der Waals surface area contributed by atoms with E-state index in [4.69, 9.17) is 4.74 Å². The number of nitrogens with zero attached hydrogens (tertiary/aromatic N) is 3. The minimum Gasteiger partial charge on any atom is -0.374 e. The first kappa shape index (κ1) is 16.9. The third-order valence-corrected chi connectivity index (χ3v) is 4.72. The number of hydrogen-bond donors (Lipinski definition) is 1. The van der Waals surface area contributed by atoms with Gasteiger partial charge in [0, 0.05) is 31.9 Å². The normalized spacial score (nSPS) is 20.3. The van der Waals surface area contributed by atoms with Crippen LogP contribution in [0.2, 0.25) is 0 Å². The molecule has 1 amide bonds. The molecule has 0 saturated carbocycles. The van der Waals surface area contributed by atoms with Crippen molar-refractivity contribution in [2.75, 3.05) is 32.5 Å². The predicted molar refractivity (Wildman–Crippen MR) is 81.1 cm³/mol. The Morgan fingerprint density at radius 3 is 2.86 bits per heavy atom. The van der Waals surface area contributed by atoms with Gasteiger partial charge in [-0.25, -0.2) is 8.42 Å². The van der Waals surface area contributed by atoms with Gasteiger partial charge in [-0.1, -0.05) is 0 Å². The average molecular weight is 330 g/mol. The molecule has 124 valence electrons. The largest absolute Gasteiger partial charge is 0.374 e. The molecule has 2 rings (SSSR count). The number of carbonyl (C=O) groups excluding carboxylic acids is 1. The molecule has 1 aromatic heterocycles. The zero-order valence-corrected chi connectivity index (χ0v) is 13.8. The minimum absolute atomic E-state index is 0.187. The van der Waals surface area contributed by atoms with Gasteiger partial charge in [-0.05, 0) is 13.8 Å². The van der Waals surface area contributed by atoms with E-state index in [1.165, 1.54) is 16.8 Å². The van der Waals surface area contributed by atoms with E-state index in [1.54, 1.807) is 10.9 Å². The van der Waals surface area contributed by atoms with Crippen molar-refractivity contribution >= 4 is 15.9 Å². The molecule has 0 aromatic carbocycles. The van der Waals surface area contributed by atoms with Crippen molar-refractivity contribution in [3.8, 4) is 0 Å². The van der Waals surface area contributed by atoms with Gasteiger partial charge in [-0.3, -0.25) is 9.48 Å². The van der Waals surface area contributed by atoms with Crippen LogP contribution in [0.5, 0.6) is 0 Å². The molecule has 0 radical (unpaired) electrons. The van der Waals surface area contributed by atoms with Crippen molar-refractivity contribution < 1.29 is 17.9 Å². The van der Waals surface area contributed by atoms with Crippen molar-refractivity contribution in [3.63, 3.8) is 0 Å². The summed E-state index contributed by atoms with van der Waals surface area (Å²) in [6, 6.07) is 0.187. The molecule has 1 N–H and O–H groups in total. The summed E-state index contributed by atoms with van der Waals surface area (Å²) >= 11 is 0. The molecular formula is C13H22N4O4S. The Morgan fingerprint density at radius 1 is 1.55 bits per heavy atom. The number of rotatable bonds is 5. The van der Waals surface area contributed by atoms with E-state index < -0.39 is 10.0 Å². The molecular weight excluding hydrogens is 308 g/mol. The number of ether oxygens (including phenoxy) is 1. The third-order valence-electron chi connectivity index (χ3n) is 3.45. The summed E-state index contributed by atoms with van der Waals surface area (Å²) in [5.41, 5.74) is 0.476. The molecule has 1 fully saturated rings. The fraction of sp³-hybridized carbons (Fsp3) is 0.692. The maximum Gasteiger partial charge on any atom is 0.254 e. The zero-order valence-electron chi connectivity index (χ0n) is 13.0. The molecule has 0 aliphatic carbocycles. The van der Waals surface area contributed by atoms with Crippen molar-refractivity contribution in [3.05, 3.63) is 18.0 Å². The monoisotopic (exact) mass is 330 g/mol. The van der Waals surface area contributed by atoms with Crippen LogP contribution in [0, 0.1) is 0 Å². The molecule has 1 saturated heterocycles. The molecule has 1 aliphatic heterocycles. The van der Waals surface area contributed by atoms with Gasteiger partial charge in [-0.15, -0.1) is 0 Å². The number of aromatic nitrogens is 2. The van der Waals surface area contributed by atoms with E-state index in [1.807, 2.05) is 13.8 Å². The molecule has 0 unspecified atom stereocenters. The van der Waals surface area contributed by atoms with E-state index in [0.29, 0.717) is 18.7 Å². The topological polar surface area (TPSA) is 93.5 Å². The highest BCUT2D eigenvalue weighted by atomic mass is 32.2. The maximum atomic E-state index is 12.0. The first-order valence-electron chi connectivity index (χ1n) is 7.16. The van der Waals surface area contributed by atoms with Gasteiger partial charge < -0.3 is 10.1 Å². The van der Waals surface area contributed by atoms with Crippen molar-refractivity contribution in [2.24, 2.45) is 0 Å². The first-order chi connectivity index (χ1) is 10.3. The van der Waals surface area contributed by atoms with Crippen molar-refractivity contribution in [1.82, 2.24) is 19.4 Å². The average Bonchev–Trinajstić information content (AvgIpc) is 2.94. The number of nitrogens with one attached hydrogen (secondary N) is 1. The zero-order chi connectivity index (χ0) is 16.3. The van der Waals surface area contributed by atoms with Gasteiger partial charge in [0.2, 0.25) is 10.0 Å². The summed E-state index contributed by atoms with van der Waals surface area (Å²) in [5, 5.41) is 6.87. The van der Waals surface area contributed by atoms with Crippen LogP contribution in [0.3, 0.4) is 0 Å². The lowest BCUT2D eigenvalue weighted by Gasteiger charge is -2.31. The van der Waals surface area contributed by atoms with E-state index in [-0.39, 0.29) is 31.1 Å². The van der Waals surface area contributed by atoms with E-state index in [0.717, 1.165) is 0 Å². The molecule has 0 spiro atoms. The van der Waals surface area contributed by atoms with Gasteiger partial charge >= 0.3 is 0 Å². The molecule has 8 nitrogen and oxygen atoms in total. The van der Waals surface area contributed by atoms with Crippen molar-refractivity contribution in [1.29, 1.82) is 0 Å². The van der Waals surface area contributed by atoms with Gasteiger partial charge in [0.05, 0.1) is 30.7 Å². The highest BCUT2D eigenvalue weighted by molar-refractivity contribution is 7.88. The summed E-state index contributed by atoms with van der Waals surface area (Å²) in [5.74, 6) is -0.244. The molecule has 1 aromatic rings. The van der Waals surface area contributed by atoms with E-state index in [9.17, 15) is 13.2 Å². The Hall–Kier alpha value is -1.45. The third kappa shape index (κ3) is 4.28. The van der Waals surface area contributed by atoms with E-state index >= 15 is 0 Å². The fourth-order valence-electron chi connectivity index (χ4n) is 2.16. The van der Waals surface area contributed by atoms with Crippen LogP contribution in [0.25, 0.3) is 0 Å². The summed E-state index contributed by atoms with van der Waals surface area (Å²) in [6.07, 6.45) is 4.03. The van der Waals surface area contributed by atoms with Crippen LogP contribution in [0.4, 0.5) is 0 Å². The summed E-state index contributed by atoms with van der Waals surface area (Å²) in [7, 11) is -3.23. The van der Waals surface area contributed by atoms with E-state index in [2.05, 4.69) is 10.4 Å². The Kier molecular flexibility index (Phi) is 5.20. The lowest BCUT2D eigenvalue weighted by molar-refractivity contribution is 0.000437. The quantitative estimate of drug-likeness (QED) is 0.811. The number of carbonyl (C=O) groups is 1. The Morgan fingerprint density at radius 2 is 2.27 bits per heavy atom. The Bertz CT molecular complexity index is 626. The lowest BCUT2D eigenvalue weighted by atomic mass is 10.3. The van der Waals surface area contributed by atoms with Crippen LogP contribution in [0.1, 0.15) is 30.2 Å². The Labute approximate surface area is 130 Å². The van der Waals surface area contributed by atoms with Crippen LogP contribution in [-0.2, 0) is 14.8 Å². The highest BCUT2D eigenvalue weighted by Crippen LogP contribution is 2.09. The number of morpholine rings is 1. The maximum absolute atomic E-state index is 12.0. The second-order valence-corrected chi connectivity index (χ2v) is 7.61. The smallest absolute Gasteiger partial charge is 0.254 e. The molecule has 0 bridgehead atoms. The molecule has 2 heterocycles. The van der Waals surface area contributed by atoms with Gasteiger partial charge in [-0.2, -0.15) is 9.40 Å². The second kappa shape index (κ2) is 6.76. The fourth-order valence-corrected chi connectivity index (χ4v) is 3.01. The van der Waals surface area contributed by atoms with Crippen LogP contribution >= 0.6 is 0 Å². The first-order valence-corrected chi connectivity index (χ1v) is 9.01. The predicted octanol–water partition coefficient (Wildman–Crippen LogP) is -0.146. The number of hydrogen-bond acceptors (Lipinski definition) is 5. The van der Waals surface area contributed by atoms with Crippen LogP contribution in [-0.4, -0.2) is 67.0 Å². The van der Waals surface area contributed by atoms with Gasteiger partial charge in [0.1, 0.15) is 0 Å². The summed E-state index contributed by atoms with van der Waals surface area (Å²) in [4.78, 5) is 12.0. The SMILES string of the molecule is CC(C)n1cc(C(=O)NC[C@H]2CN(S(C)(=O)=O)CCO2)cn1. The molecule has 22 heavy (non-hydrogen) atoms. The summed E-state index contributed by atoms with van der Waals surface area (Å²) in [6.45, 7) is 5.15. The number of sulfonamides is 1. The second-order valence-electron chi connectivity index (χ2n) is 5.63. The molecule has 1 aliphatic rings. The minimum atomic E-state index is -3.23. The highest BCUT2D eigenvalue weighted by Gasteiger charge is 2.26. The standard InChI is InChI=1S/C13H22N4O4S/c1-10(2)17-8-11(6-15-17)13(18)14-7-12-9-16(4-5-21-12)22(3,19)20/h6,8,10,12H,4-5,7,9H2,1-3H3,(H,14,18)/t12-/m0/s1. The van der Waals surface area contributed by atoms with Gasteiger partial charge in [0.15, 0.2) is 0 Å². The summed E-state index contributed by atoms with van der Waals surface area (Å²) < 4.78 is 31.6. The number of amides is 1. The molecule has 9 heteroatoms. The van der Waals surface area contributed by atoms with Crippen LogP contribution in [0.15, 0.2) is 12.4 Å².